The Kier molecular flexibility index (Phi) is 5.42. The zero-order valence-corrected chi connectivity index (χ0v) is 12.2. The fourth-order valence-corrected chi connectivity index (χ4v) is 1.91. The molecule has 0 atom stereocenters. The molecule has 2 amide bonds. The number of hydrogen-bond donors (Lipinski definition) is 2. The molecule has 2 aromatic carbocycles. The number of nitrogens with zero attached hydrogens (tertiary/aromatic N) is 1. The van der Waals surface area contributed by atoms with Crippen LogP contribution in [0, 0.1) is 17.1 Å². The Hall–Kier alpha value is -3.20. The summed E-state index contributed by atoms with van der Waals surface area (Å²) in [6.45, 7) is 0.236. The van der Waals surface area contributed by atoms with Crippen LogP contribution < -0.4 is 10.6 Å². The van der Waals surface area contributed by atoms with Crippen LogP contribution in [-0.4, -0.2) is 11.8 Å². The van der Waals surface area contributed by atoms with Crippen LogP contribution in [0.2, 0.25) is 0 Å². The van der Waals surface area contributed by atoms with Crippen molar-refractivity contribution in [1.29, 1.82) is 5.26 Å². The molecule has 2 N–H and O–H groups in total. The van der Waals surface area contributed by atoms with Crippen LogP contribution in [0.25, 0.3) is 0 Å². The van der Waals surface area contributed by atoms with Crippen molar-refractivity contribution in [3.05, 3.63) is 65.5 Å². The van der Waals surface area contributed by atoms with Gasteiger partial charge >= 0.3 is 0 Å². The van der Waals surface area contributed by atoms with E-state index >= 15 is 0 Å². The van der Waals surface area contributed by atoms with Crippen LogP contribution in [0.4, 0.5) is 10.1 Å². The van der Waals surface area contributed by atoms with Gasteiger partial charge in [-0.05, 0) is 29.8 Å². The maximum Gasteiger partial charge on any atom is 0.254 e. The lowest BCUT2D eigenvalue weighted by atomic mass is 10.1. The zero-order chi connectivity index (χ0) is 16.7. The van der Waals surface area contributed by atoms with Gasteiger partial charge in [0.15, 0.2) is 0 Å². The van der Waals surface area contributed by atoms with E-state index in [4.69, 9.17) is 5.26 Å². The normalized spacial score (nSPS) is 9.74. The van der Waals surface area contributed by atoms with Gasteiger partial charge in [0.25, 0.3) is 5.91 Å². The van der Waals surface area contributed by atoms with E-state index < -0.39 is 11.7 Å². The second-order valence-electron chi connectivity index (χ2n) is 4.74. The first kappa shape index (κ1) is 16.2. The van der Waals surface area contributed by atoms with Gasteiger partial charge in [-0.2, -0.15) is 5.26 Å². The first-order valence-electron chi connectivity index (χ1n) is 6.88. The van der Waals surface area contributed by atoms with Crippen LogP contribution in [0.3, 0.4) is 0 Å². The Labute approximate surface area is 132 Å². The molecular weight excluding hydrogens is 297 g/mol. The lowest BCUT2D eigenvalue weighted by molar-refractivity contribution is -0.115. The molecule has 0 aliphatic heterocycles. The Balaban J connectivity index is 1.92. The summed E-state index contributed by atoms with van der Waals surface area (Å²) in [5.41, 5.74) is 1.36. The number of rotatable bonds is 5. The van der Waals surface area contributed by atoms with Gasteiger partial charge in [0.2, 0.25) is 5.91 Å². The highest BCUT2D eigenvalue weighted by atomic mass is 19.1. The van der Waals surface area contributed by atoms with E-state index in [-0.39, 0.29) is 24.4 Å². The first-order valence-corrected chi connectivity index (χ1v) is 6.88. The van der Waals surface area contributed by atoms with E-state index in [9.17, 15) is 14.0 Å². The maximum atomic E-state index is 13.5. The summed E-state index contributed by atoms with van der Waals surface area (Å²) in [5.74, 6) is -1.44. The number of nitriles is 1. The Bertz CT molecular complexity index is 751. The number of anilines is 1. The van der Waals surface area contributed by atoms with Gasteiger partial charge in [-0.3, -0.25) is 9.59 Å². The van der Waals surface area contributed by atoms with Crippen molar-refractivity contribution in [2.75, 3.05) is 5.32 Å². The summed E-state index contributed by atoms with van der Waals surface area (Å²) in [6, 6.07) is 14.3. The van der Waals surface area contributed by atoms with Gasteiger partial charge in [0.05, 0.1) is 11.6 Å². The highest BCUT2D eigenvalue weighted by Gasteiger charge is 2.10. The predicted molar refractivity (Wildman–Crippen MR) is 82.9 cm³/mol. The third-order valence-electron chi connectivity index (χ3n) is 3.05. The molecule has 5 nitrogen and oxygen atoms in total. The van der Waals surface area contributed by atoms with Crippen molar-refractivity contribution in [1.82, 2.24) is 5.32 Å². The van der Waals surface area contributed by atoms with Gasteiger partial charge in [0, 0.05) is 12.2 Å². The van der Waals surface area contributed by atoms with Crippen molar-refractivity contribution in [2.24, 2.45) is 0 Å². The molecule has 23 heavy (non-hydrogen) atoms. The van der Waals surface area contributed by atoms with Gasteiger partial charge in [-0.15, -0.1) is 0 Å². The predicted octanol–water partition coefficient (Wildman–Crippen LogP) is 2.61. The summed E-state index contributed by atoms with van der Waals surface area (Å²) < 4.78 is 13.5. The molecule has 0 radical (unpaired) electrons. The Morgan fingerprint density at radius 3 is 2.43 bits per heavy atom. The molecule has 0 aliphatic rings. The lowest BCUT2D eigenvalue weighted by Crippen LogP contribution is -2.23. The average molecular weight is 311 g/mol. The summed E-state index contributed by atoms with van der Waals surface area (Å²) >= 11 is 0. The molecule has 0 saturated carbocycles. The van der Waals surface area contributed by atoms with E-state index in [0.29, 0.717) is 5.69 Å². The number of nitrogens with one attached hydrogen (secondary N) is 2. The van der Waals surface area contributed by atoms with Gasteiger partial charge in [-0.25, -0.2) is 4.39 Å². The van der Waals surface area contributed by atoms with Crippen molar-refractivity contribution >= 4 is 17.5 Å². The number of benzene rings is 2. The summed E-state index contributed by atoms with van der Waals surface area (Å²) in [4.78, 5) is 23.2. The van der Waals surface area contributed by atoms with Gasteiger partial charge in [-0.1, -0.05) is 24.3 Å². The van der Waals surface area contributed by atoms with E-state index in [1.165, 1.54) is 18.2 Å². The second-order valence-corrected chi connectivity index (χ2v) is 4.74. The third kappa shape index (κ3) is 4.64. The SMILES string of the molecule is N#CCC(=O)Nc1ccc(CNC(=O)c2ccccc2F)cc1. The maximum absolute atomic E-state index is 13.5. The van der Waals surface area contributed by atoms with E-state index in [2.05, 4.69) is 10.6 Å². The molecule has 2 rings (SSSR count). The molecule has 0 saturated heterocycles. The summed E-state index contributed by atoms with van der Waals surface area (Å²) in [5, 5.41) is 13.6. The van der Waals surface area contributed by atoms with E-state index in [0.717, 1.165) is 5.56 Å². The van der Waals surface area contributed by atoms with Crippen molar-refractivity contribution in [3.8, 4) is 6.07 Å². The molecule has 0 spiro atoms. The lowest BCUT2D eigenvalue weighted by Gasteiger charge is -2.07. The highest BCUT2D eigenvalue weighted by molar-refractivity contribution is 5.94. The number of carbonyl (C=O) groups excluding carboxylic acids is 2. The van der Waals surface area contributed by atoms with E-state index in [1.807, 2.05) is 0 Å². The third-order valence-corrected chi connectivity index (χ3v) is 3.05. The standard InChI is InChI=1S/C17H14FN3O2/c18-15-4-2-1-3-14(15)17(23)20-11-12-5-7-13(8-6-12)21-16(22)9-10-19/h1-8H,9,11H2,(H,20,23)(H,21,22). The largest absolute Gasteiger partial charge is 0.348 e. The molecule has 0 heterocycles. The van der Waals surface area contributed by atoms with Crippen LogP contribution in [0.15, 0.2) is 48.5 Å². The summed E-state index contributed by atoms with van der Waals surface area (Å²) in [6.07, 6.45) is -0.208. The molecule has 0 unspecified atom stereocenters. The molecule has 0 aromatic heterocycles. The number of hydrogen-bond acceptors (Lipinski definition) is 3. The molecular formula is C17H14FN3O2. The Morgan fingerprint density at radius 2 is 1.78 bits per heavy atom. The molecule has 116 valence electrons. The fourth-order valence-electron chi connectivity index (χ4n) is 1.91. The molecule has 0 aliphatic carbocycles. The van der Waals surface area contributed by atoms with Crippen LogP contribution in [-0.2, 0) is 11.3 Å². The molecule has 0 bridgehead atoms. The zero-order valence-electron chi connectivity index (χ0n) is 12.2. The smallest absolute Gasteiger partial charge is 0.254 e. The van der Waals surface area contributed by atoms with Gasteiger partial charge in [0.1, 0.15) is 12.2 Å². The highest BCUT2D eigenvalue weighted by Crippen LogP contribution is 2.11. The van der Waals surface area contributed by atoms with Crippen LogP contribution in [0.1, 0.15) is 22.3 Å². The van der Waals surface area contributed by atoms with Crippen molar-refractivity contribution in [2.45, 2.75) is 13.0 Å². The minimum absolute atomic E-state index is 0.00659. The second kappa shape index (κ2) is 7.71. The van der Waals surface area contributed by atoms with Crippen LogP contribution in [0.5, 0.6) is 0 Å². The number of amides is 2. The number of carbonyl (C=O) groups is 2. The molecule has 6 heteroatoms. The minimum Gasteiger partial charge on any atom is -0.348 e. The van der Waals surface area contributed by atoms with Crippen LogP contribution >= 0.6 is 0 Å². The van der Waals surface area contributed by atoms with E-state index in [1.54, 1.807) is 36.4 Å². The van der Waals surface area contributed by atoms with Gasteiger partial charge < -0.3 is 10.6 Å². The first-order chi connectivity index (χ1) is 11.1. The molecule has 0 fully saturated rings. The quantitative estimate of drug-likeness (QED) is 0.890. The summed E-state index contributed by atoms with van der Waals surface area (Å²) in [7, 11) is 0. The average Bonchev–Trinajstić information content (AvgIpc) is 2.54. The fraction of sp³-hybridized carbons (Fsp3) is 0.118. The minimum atomic E-state index is -0.569. The molecule has 2 aromatic rings. The van der Waals surface area contributed by atoms with Crippen molar-refractivity contribution < 1.29 is 14.0 Å². The Morgan fingerprint density at radius 1 is 1.09 bits per heavy atom. The monoisotopic (exact) mass is 311 g/mol. The topological polar surface area (TPSA) is 82.0 Å². The van der Waals surface area contributed by atoms with Crippen molar-refractivity contribution in [3.63, 3.8) is 0 Å². The number of halogens is 1.